The molecule has 2 aromatic heterocycles. The molecule has 1 amide bonds. The van der Waals surface area contributed by atoms with Gasteiger partial charge in [0.05, 0.1) is 16.4 Å². The first kappa shape index (κ1) is 20.1. The second kappa shape index (κ2) is 7.89. The van der Waals surface area contributed by atoms with Crippen molar-refractivity contribution in [3.05, 3.63) is 92.5 Å². The molecule has 0 bridgehead atoms. The van der Waals surface area contributed by atoms with Crippen LogP contribution in [-0.2, 0) is 7.05 Å². The molecule has 0 saturated carbocycles. The maximum absolute atomic E-state index is 13.0. The zero-order chi connectivity index (χ0) is 21.4. The molecule has 0 atom stereocenters. The van der Waals surface area contributed by atoms with Gasteiger partial charge in [-0.25, -0.2) is 4.68 Å². The zero-order valence-electron chi connectivity index (χ0n) is 16.1. The molecular formula is C22H17Cl2N3O3. The van der Waals surface area contributed by atoms with Gasteiger partial charge in [-0.1, -0.05) is 41.4 Å². The van der Waals surface area contributed by atoms with Gasteiger partial charge in [-0.3, -0.25) is 14.3 Å². The van der Waals surface area contributed by atoms with Gasteiger partial charge in [0.15, 0.2) is 5.76 Å². The molecule has 6 nitrogen and oxygen atoms in total. The summed E-state index contributed by atoms with van der Waals surface area (Å²) in [5, 5.41) is 3.62. The van der Waals surface area contributed by atoms with E-state index in [9.17, 15) is 9.59 Å². The van der Waals surface area contributed by atoms with Crippen molar-refractivity contribution in [3.8, 4) is 17.0 Å². The van der Waals surface area contributed by atoms with Gasteiger partial charge >= 0.3 is 0 Å². The number of nitrogens with zero attached hydrogens (tertiary/aromatic N) is 2. The maximum atomic E-state index is 13.0. The van der Waals surface area contributed by atoms with Crippen molar-refractivity contribution < 1.29 is 9.21 Å². The highest BCUT2D eigenvalue weighted by molar-refractivity contribution is 6.35. The van der Waals surface area contributed by atoms with E-state index in [1.807, 2.05) is 30.3 Å². The number of hydrogen-bond acceptors (Lipinski definition) is 3. The highest BCUT2D eigenvalue weighted by atomic mass is 35.5. The van der Waals surface area contributed by atoms with Crippen LogP contribution in [0.2, 0.25) is 10.0 Å². The molecule has 2 heterocycles. The molecule has 0 saturated heterocycles. The average molecular weight is 442 g/mol. The number of amides is 1. The topological polar surface area (TPSA) is 69.2 Å². The van der Waals surface area contributed by atoms with Gasteiger partial charge in [-0.05, 0) is 49.4 Å². The quantitative estimate of drug-likeness (QED) is 0.466. The maximum Gasteiger partial charge on any atom is 0.295 e. The Morgan fingerprint density at radius 2 is 1.77 bits per heavy atom. The Kier molecular flexibility index (Phi) is 5.28. The lowest BCUT2D eigenvalue weighted by Crippen LogP contribution is -2.22. The average Bonchev–Trinajstić information content (AvgIpc) is 3.30. The summed E-state index contributed by atoms with van der Waals surface area (Å²) in [4.78, 5) is 25.7. The van der Waals surface area contributed by atoms with E-state index < -0.39 is 5.91 Å². The van der Waals surface area contributed by atoms with E-state index in [1.165, 1.54) is 10.7 Å². The Morgan fingerprint density at radius 1 is 1.03 bits per heavy atom. The Hall–Kier alpha value is -3.22. The Morgan fingerprint density at radius 3 is 2.50 bits per heavy atom. The van der Waals surface area contributed by atoms with E-state index >= 15 is 0 Å². The number of halogens is 2. The third kappa shape index (κ3) is 3.56. The molecule has 0 radical (unpaired) electrons. The van der Waals surface area contributed by atoms with E-state index in [0.717, 1.165) is 0 Å². The fourth-order valence-electron chi connectivity index (χ4n) is 3.18. The summed E-state index contributed by atoms with van der Waals surface area (Å²) >= 11 is 12.2. The summed E-state index contributed by atoms with van der Waals surface area (Å²) in [6, 6.07) is 17.3. The Labute approximate surface area is 182 Å². The van der Waals surface area contributed by atoms with Crippen molar-refractivity contribution in [2.75, 3.05) is 5.32 Å². The first-order valence-corrected chi connectivity index (χ1v) is 9.83. The third-order valence-corrected chi connectivity index (χ3v) is 5.38. The summed E-state index contributed by atoms with van der Waals surface area (Å²) < 4.78 is 8.85. The number of carbonyl (C=O) groups excluding carboxylic acids is 1. The first-order valence-electron chi connectivity index (χ1n) is 9.07. The predicted octanol–water partition coefficient (Wildman–Crippen LogP) is 5.30. The van der Waals surface area contributed by atoms with E-state index in [2.05, 4.69) is 5.32 Å². The molecule has 4 rings (SSSR count). The van der Waals surface area contributed by atoms with Crippen LogP contribution in [0.25, 0.3) is 17.0 Å². The minimum atomic E-state index is -0.537. The summed E-state index contributed by atoms with van der Waals surface area (Å²) in [5.74, 6) is -0.0838. The van der Waals surface area contributed by atoms with Gasteiger partial charge in [-0.2, -0.15) is 0 Å². The van der Waals surface area contributed by atoms with Gasteiger partial charge in [-0.15, -0.1) is 0 Å². The lowest BCUT2D eigenvalue weighted by Gasteiger charge is -2.07. The van der Waals surface area contributed by atoms with Gasteiger partial charge in [0.1, 0.15) is 11.4 Å². The molecule has 152 valence electrons. The van der Waals surface area contributed by atoms with Crippen LogP contribution < -0.4 is 10.9 Å². The van der Waals surface area contributed by atoms with Crippen LogP contribution in [0.15, 0.2) is 69.9 Å². The second-order valence-corrected chi connectivity index (χ2v) is 7.52. The van der Waals surface area contributed by atoms with Crippen molar-refractivity contribution in [2.45, 2.75) is 6.92 Å². The van der Waals surface area contributed by atoms with Crippen molar-refractivity contribution in [1.82, 2.24) is 9.36 Å². The smallest absolute Gasteiger partial charge is 0.295 e. The molecular weight excluding hydrogens is 425 g/mol. The van der Waals surface area contributed by atoms with Crippen molar-refractivity contribution in [3.63, 3.8) is 0 Å². The van der Waals surface area contributed by atoms with Crippen molar-refractivity contribution in [1.29, 1.82) is 0 Å². The molecule has 0 aliphatic rings. The Balaban J connectivity index is 1.65. The van der Waals surface area contributed by atoms with Crippen molar-refractivity contribution >= 4 is 34.8 Å². The molecule has 0 fully saturated rings. The SMILES string of the molecule is Cc1c(NC(=O)c2ccc(-c3cc(Cl)ccc3Cl)o2)c(=O)n(-c2ccccc2)n1C. The minimum absolute atomic E-state index is 0.0509. The third-order valence-electron chi connectivity index (χ3n) is 4.82. The van der Waals surface area contributed by atoms with Gasteiger partial charge in [0, 0.05) is 17.6 Å². The van der Waals surface area contributed by atoms with Gasteiger partial charge < -0.3 is 9.73 Å². The number of anilines is 1. The first-order chi connectivity index (χ1) is 14.4. The molecule has 8 heteroatoms. The fraction of sp³-hybridized carbons (Fsp3) is 0.0909. The fourth-order valence-corrected chi connectivity index (χ4v) is 3.56. The standard InChI is InChI=1S/C22H17Cl2N3O3/c1-13-20(22(29)27(26(13)2)15-6-4-3-5-7-15)25-21(28)19-11-10-18(30-19)16-12-14(23)8-9-17(16)24/h3-12H,1-2H3,(H,25,28). The number of rotatable bonds is 4. The van der Waals surface area contributed by atoms with Crippen LogP contribution in [0.1, 0.15) is 16.2 Å². The summed E-state index contributed by atoms with van der Waals surface area (Å²) in [6.07, 6.45) is 0. The number of nitrogens with one attached hydrogen (secondary N) is 1. The molecule has 1 N–H and O–H groups in total. The summed E-state index contributed by atoms with van der Waals surface area (Å²) in [7, 11) is 1.76. The van der Waals surface area contributed by atoms with E-state index in [4.69, 9.17) is 27.6 Å². The van der Waals surface area contributed by atoms with E-state index in [0.29, 0.717) is 32.8 Å². The summed E-state index contributed by atoms with van der Waals surface area (Å²) in [5.41, 5.74) is 1.74. The molecule has 0 aliphatic carbocycles. The second-order valence-electron chi connectivity index (χ2n) is 6.68. The van der Waals surface area contributed by atoms with E-state index in [1.54, 1.807) is 42.9 Å². The lowest BCUT2D eigenvalue weighted by atomic mass is 10.2. The largest absolute Gasteiger partial charge is 0.451 e. The molecule has 0 spiro atoms. The van der Waals surface area contributed by atoms with E-state index in [-0.39, 0.29) is 17.0 Å². The molecule has 30 heavy (non-hydrogen) atoms. The van der Waals surface area contributed by atoms with Crippen LogP contribution in [0.5, 0.6) is 0 Å². The van der Waals surface area contributed by atoms with Crippen LogP contribution in [0.3, 0.4) is 0 Å². The number of aromatic nitrogens is 2. The summed E-state index contributed by atoms with van der Waals surface area (Å²) in [6.45, 7) is 1.76. The monoisotopic (exact) mass is 441 g/mol. The van der Waals surface area contributed by atoms with Crippen LogP contribution in [0, 0.1) is 6.92 Å². The number of carbonyl (C=O) groups is 1. The zero-order valence-corrected chi connectivity index (χ0v) is 17.7. The molecule has 0 aliphatic heterocycles. The predicted molar refractivity (Wildman–Crippen MR) is 118 cm³/mol. The highest BCUT2D eigenvalue weighted by Crippen LogP contribution is 2.32. The number of furan rings is 1. The highest BCUT2D eigenvalue weighted by Gasteiger charge is 2.21. The number of para-hydroxylation sites is 1. The molecule has 4 aromatic rings. The molecule has 0 unspecified atom stereocenters. The van der Waals surface area contributed by atoms with Crippen LogP contribution in [0.4, 0.5) is 5.69 Å². The lowest BCUT2D eigenvalue weighted by molar-refractivity contribution is 0.0997. The Bertz CT molecular complexity index is 1300. The minimum Gasteiger partial charge on any atom is -0.451 e. The van der Waals surface area contributed by atoms with Gasteiger partial charge in [0.25, 0.3) is 11.5 Å². The number of hydrogen-bond donors (Lipinski definition) is 1. The van der Waals surface area contributed by atoms with Crippen molar-refractivity contribution in [2.24, 2.45) is 7.05 Å². The van der Waals surface area contributed by atoms with Crippen LogP contribution in [-0.4, -0.2) is 15.3 Å². The van der Waals surface area contributed by atoms with Crippen LogP contribution >= 0.6 is 23.2 Å². The normalized spacial score (nSPS) is 10.9. The molecule has 2 aromatic carbocycles. The number of benzene rings is 2. The van der Waals surface area contributed by atoms with Gasteiger partial charge in [0.2, 0.25) is 0 Å².